The Kier molecular flexibility index (Phi) is 4.17. The molecule has 6 heteroatoms. The predicted octanol–water partition coefficient (Wildman–Crippen LogP) is 1.93. The second-order valence-corrected chi connectivity index (χ2v) is 4.97. The number of hydrogen-bond acceptors (Lipinski definition) is 3. The fourth-order valence-corrected chi connectivity index (χ4v) is 2.22. The standard InChI is InChI=1S/C13H14ClFN2O2/c1-7(8-2-3-10(15)9(14)6-8)16-11-4-5-12(18)17-13(11)19/h2-3,6-7,11,16H,4-5H2,1H3,(H,17,18,19). The zero-order valence-electron chi connectivity index (χ0n) is 10.4. The molecule has 2 N–H and O–H groups in total. The summed E-state index contributed by atoms with van der Waals surface area (Å²) >= 11 is 5.72. The fourth-order valence-electron chi connectivity index (χ4n) is 2.03. The summed E-state index contributed by atoms with van der Waals surface area (Å²) in [5.74, 6) is -1.05. The third kappa shape index (κ3) is 3.30. The van der Waals surface area contributed by atoms with Gasteiger partial charge in [-0.1, -0.05) is 17.7 Å². The molecule has 2 rings (SSSR count). The summed E-state index contributed by atoms with van der Waals surface area (Å²) < 4.78 is 13.1. The number of rotatable bonds is 3. The third-order valence-corrected chi connectivity index (χ3v) is 3.42. The van der Waals surface area contributed by atoms with E-state index in [0.29, 0.717) is 12.8 Å². The normalized spacial score (nSPS) is 21.1. The first-order chi connectivity index (χ1) is 8.97. The summed E-state index contributed by atoms with van der Waals surface area (Å²) in [5, 5.41) is 5.44. The van der Waals surface area contributed by atoms with E-state index in [9.17, 15) is 14.0 Å². The SMILES string of the molecule is CC(NC1CCC(=O)NC1=O)c1ccc(F)c(Cl)c1. The highest BCUT2D eigenvalue weighted by atomic mass is 35.5. The van der Waals surface area contributed by atoms with Gasteiger partial charge < -0.3 is 0 Å². The predicted molar refractivity (Wildman–Crippen MR) is 69.1 cm³/mol. The summed E-state index contributed by atoms with van der Waals surface area (Å²) in [4.78, 5) is 22.7. The average molecular weight is 285 g/mol. The molecule has 4 nitrogen and oxygen atoms in total. The van der Waals surface area contributed by atoms with Crippen LogP contribution in [0.3, 0.4) is 0 Å². The van der Waals surface area contributed by atoms with Gasteiger partial charge in [-0.15, -0.1) is 0 Å². The first-order valence-corrected chi connectivity index (χ1v) is 6.40. The van der Waals surface area contributed by atoms with Crippen molar-refractivity contribution in [2.75, 3.05) is 0 Å². The molecular formula is C13H14ClFN2O2. The molecule has 1 heterocycles. The quantitative estimate of drug-likeness (QED) is 0.834. The number of carbonyl (C=O) groups excluding carboxylic acids is 2. The number of hydrogen-bond donors (Lipinski definition) is 2. The van der Waals surface area contributed by atoms with Gasteiger partial charge in [0.2, 0.25) is 11.8 Å². The van der Waals surface area contributed by atoms with Gasteiger partial charge in [0.15, 0.2) is 0 Å². The number of benzene rings is 1. The lowest BCUT2D eigenvalue weighted by atomic mass is 10.0. The first-order valence-electron chi connectivity index (χ1n) is 6.02. The van der Waals surface area contributed by atoms with Crippen LogP contribution in [0, 0.1) is 5.82 Å². The van der Waals surface area contributed by atoms with Gasteiger partial charge in [0.25, 0.3) is 0 Å². The molecule has 0 saturated carbocycles. The second kappa shape index (κ2) is 5.67. The van der Waals surface area contributed by atoms with Crippen LogP contribution < -0.4 is 10.6 Å². The van der Waals surface area contributed by atoms with Crippen LogP contribution in [0.15, 0.2) is 18.2 Å². The van der Waals surface area contributed by atoms with E-state index in [0.717, 1.165) is 5.56 Å². The van der Waals surface area contributed by atoms with Crippen molar-refractivity contribution >= 4 is 23.4 Å². The molecule has 0 spiro atoms. The maximum Gasteiger partial charge on any atom is 0.243 e. The van der Waals surface area contributed by atoms with Gasteiger partial charge in [-0.2, -0.15) is 0 Å². The van der Waals surface area contributed by atoms with E-state index in [1.165, 1.54) is 12.1 Å². The number of imide groups is 1. The first kappa shape index (κ1) is 14.0. The minimum Gasteiger partial charge on any atom is -0.299 e. The Hall–Kier alpha value is -1.46. The van der Waals surface area contributed by atoms with Crippen molar-refractivity contribution < 1.29 is 14.0 Å². The highest BCUT2D eigenvalue weighted by Gasteiger charge is 2.27. The highest BCUT2D eigenvalue weighted by Crippen LogP contribution is 2.21. The summed E-state index contributed by atoms with van der Waals surface area (Å²) in [5.41, 5.74) is 0.788. The molecule has 1 fully saturated rings. The lowest BCUT2D eigenvalue weighted by Crippen LogP contribution is -2.51. The van der Waals surface area contributed by atoms with Crippen LogP contribution in [0.5, 0.6) is 0 Å². The van der Waals surface area contributed by atoms with E-state index in [1.807, 2.05) is 6.92 Å². The number of amides is 2. The zero-order chi connectivity index (χ0) is 14.0. The third-order valence-electron chi connectivity index (χ3n) is 3.13. The van der Waals surface area contributed by atoms with E-state index in [1.54, 1.807) is 6.07 Å². The van der Waals surface area contributed by atoms with Crippen LogP contribution in [0.2, 0.25) is 5.02 Å². The van der Waals surface area contributed by atoms with Gasteiger partial charge in [-0.05, 0) is 31.0 Å². The van der Waals surface area contributed by atoms with Crippen molar-refractivity contribution in [3.63, 3.8) is 0 Å². The minimum atomic E-state index is -0.473. The van der Waals surface area contributed by atoms with Crippen LogP contribution >= 0.6 is 11.6 Å². The minimum absolute atomic E-state index is 0.0504. The lowest BCUT2D eigenvalue weighted by molar-refractivity contribution is -0.134. The monoisotopic (exact) mass is 284 g/mol. The van der Waals surface area contributed by atoms with E-state index in [-0.39, 0.29) is 22.9 Å². The van der Waals surface area contributed by atoms with Crippen LogP contribution in [-0.2, 0) is 9.59 Å². The van der Waals surface area contributed by atoms with E-state index in [2.05, 4.69) is 10.6 Å². The Labute approximate surface area is 115 Å². The number of carbonyl (C=O) groups is 2. The summed E-state index contributed by atoms with van der Waals surface area (Å²) in [6.07, 6.45) is 0.782. The molecule has 0 aliphatic carbocycles. The van der Waals surface area contributed by atoms with Gasteiger partial charge in [-0.25, -0.2) is 4.39 Å². The van der Waals surface area contributed by atoms with Gasteiger partial charge in [-0.3, -0.25) is 20.2 Å². The maximum absolute atomic E-state index is 13.1. The van der Waals surface area contributed by atoms with Crippen LogP contribution in [0.1, 0.15) is 31.4 Å². The van der Waals surface area contributed by atoms with Crippen molar-refractivity contribution in [1.82, 2.24) is 10.6 Å². The molecule has 19 heavy (non-hydrogen) atoms. The summed E-state index contributed by atoms with van der Waals surface area (Å²) in [6, 6.07) is 3.85. The molecule has 1 aromatic carbocycles. The van der Waals surface area contributed by atoms with Crippen LogP contribution in [0.25, 0.3) is 0 Å². The van der Waals surface area contributed by atoms with E-state index >= 15 is 0 Å². The Balaban J connectivity index is 2.04. The fraction of sp³-hybridized carbons (Fsp3) is 0.385. The molecule has 0 radical (unpaired) electrons. The van der Waals surface area contributed by atoms with E-state index in [4.69, 9.17) is 11.6 Å². The molecule has 1 aliphatic heterocycles. The summed E-state index contributed by atoms with van der Waals surface area (Å²) in [7, 11) is 0. The summed E-state index contributed by atoms with van der Waals surface area (Å²) in [6.45, 7) is 1.85. The molecule has 0 aromatic heterocycles. The second-order valence-electron chi connectivity index (χ2n) is 4.57. The van der Waals surface area contributed by atoms with Crippen molar-refractivity contribution in [3.8, 4) is 0 Å². The molecular weight excluding hydrogens is 271 g/mol. The molecule has 1 saturated heterocycles. The lowest BCUT2D eigenvalue weighted by Gasteiger charge is -2.25. The van der Waals surface area contributed by atoms with Crippen LogP contribution in [-0.4, -0.2) is 17.9 Å². The number of nitrogens with one attached hydrogen (secondary N) is 2. The average Bonchev–Trinajstić information content (AvgIpc) is 2.36. The largest absolute Gasteiger partial charge is 0.299 e. The molecule has 2 atom stereocenters. The highest BCUT2D eigenvalue weighted by molar-refractivity contribution is 6.30. The number of halogens is 2. The van der Waals surface area contributed by atoms with Crippen molar-refractivity contribution in [2.24, 2.45) is 0 Å². The Morgan fingerprint density at radius 2 is 2.21 bits per heavy atom. The number of piperidine rings is 1. The Bertz CT molecular complexity index is 521. The smallest absolute Gasteiger partial charge is 0.243 e. The van der Waals surface area contributed by atoms with Crippen LogP contribution in [0.4, 0.5) is 4.39 Å². The van der Waals surface area contributed by atoms with E-state index < -0.39 is 11.9 Å². The molecule has 102 valence electrons. The van der Waals surface area contributed by atoms with Gasteiger partial charge >= 0.3 is 0 Å². The molecule has 0 bridgehead atoms. The van der Waals surface area contributed by atoms with Crippen molar-refractivity contribution in [3.05, 3.63) is 34.6 Å². The molecule has 1 aliphatic rings. The van der Waals surface area contributed by atoms with Gasteiger partial charge in [0.1, 0.15) is 5.82 Å². The molecule has 2 amide bonds. The molecule has 2 unspecified atom stereocenters. The zero-order valence-corrected chi connectivity index (χ0v) is 11.1. The van der Waals surface area contributed by atoms with Crippen molar-refractivity contribution in [1.29, 1.82) is 0 Å². The van der Waals surface area contributed by atoms with Gasteiger partial charge in [0, 0.05) is 12.5 Å². The Morgan fingerprint density at radius 3 is 2.84 bits per heavy atom. The van der Waals surface area contributed by atoms with Gasteiger partial charge in [0.05, 0.1) is 11.1 Å². The Morgan fingerprint density at radius 1 is 1.47 bits per heavy atom. The molecule has 1 aromatic rings. The van der Waals surface area contributed by atoms with Crippen molar-refractivity contribution in [2.45, 2.75) is 31.8 Å². The maximum atomic E-state index is 13.1. The topological polar surface area (TPSA) is 58.2 Å².